The second kappa shape index (κ2) is 9.73. The van der Waals surface area contributed by atoms with Crippen LogP contribution in [0.1, 0.15) is 11.0 Å². The number of benzene rings is 8. The molecular weight excluding hydrogens is 537 g/mol. The molecular formula is C42H26S. The van der Waals surface area contributed by atoms with E-state index in [0.717, 1.165) is 42.8 Å². The lowest BCUT2D eigenvalue weighted by Crippen LogP contribution is -1.96. The Hall–Kier alpha value is -5.11. The second-order valence-corrected chi connectivity index (χ2v) is 11.7. The minimum atomic E-state index is -0.415. The Kier molecular flexibility index (Phi) is 4.02. The van der Waals surface area contributed by atoms with Crippen molar-refractivity contribution in [2.45, 2.75) is 9.79 Å². The predicted molar refractivity (Wildman–Crippen MR) is 185 cm³/mol. The standard InChI is InChI=1S/C42H26S/c1-2-13-27(14-3-1)28-15-4-5-17-30(28)40-31-18-6-8-20-33(31)41(34-21-9-7-19-32(34)40)37-26-25-36-29-16-10-11-23-38(29)43-39-24-12-22-35(37)42(36)39/h1-26H/i6D,7D,8D,9D,18D,19D,20D,21D. The van der Waals surface area contributed by atoms with Gasteiger partial charge in [-0.15, -0.1) is 0 Å². The minimum absolute atomic E-state index is 0.206. The minimum Gasteiger partial charge on any atom is -0.0888 e. The third kappa shape index (κ3) is 3.72. The van der Waals surface area contributed by atoms with Crippen molar-refractivity contribution >= 4 is 44.1 Å². The molecule has 0 saturated heterocycles. The van der Waals surface area contributed by atoms with E-state index in [2.05, 4.69) is 18.2 Å². The fourth-order valence-corrected chi connectivity index (χ4v) is 7.67. The summed E-state index contributed by atoms with van der Waals surface area (Å²) in [6.07, 6.45) is 0. The average Bonchev–Trinajstić information content (AvgIpc) is 3.17. The molecule has 1 aliphatic rings. The van der Waals surface area contributed by atoms with Gasteiger partial charge in [0.1, 0.15) is 0 Å². The van der Waals surface area contributed by atoms with Crippen LogP contribution in [0.5, 0.6) is 0 Å². The van der Waals surface area contributed by atoms with E-state index in [4.69, 9.17) is 5.48 Å². The van der Waals surface area contributed by atoms with Gasteiger partial charge in [-0.3, -0.25) is 0 Å². The normalized spacial score (nSPS) is 14.7. The first-order valence-electron chi connectivity index (χ1n) is 18.1. The van der Waals surface area contributed by atoms with Crippen LogP contribution in [0.15, 0.2) is 167 Å². The first-order chi connectivity index (χ1) is 24.7. The Morgan fingerprint density at radius 3 is 1.60 bits per heavy atom. The third-order valence-electron chi connectivity index (χ3n) is 8.33. The van der Waals surface area contributed by atoms with Crippen molar-refractivity contribution in [1.29, 1.82) is 0 Å². The largest absolute Gasteiger partial charge is 0.0888 e. The van der Waals surface area contributed by atoms with Gasteiger partial charge in [0.2, 0.25) is 0 Å². The zero-order valence-electron chi connectivity index (χ0n) is 30.8. The van der Waals surface area contributed by atoms with Crippen molar-refractivity contribution in [2.75, 3.05) is 0 Å². The van der Waals surface area contributed by atoms with Crippen molar-refractivity contribution in [3.63, 3.8) is 0 Å². The molecule has 1 heteroatoms. The molecule has 1 aliphatic heterocycles. The lowest BCUT2D eigenvalue weighted by atomic mass is 9.82. The van der Waals surface area contributed by atoms with Gasteiger partial charge in [0.05, 0.1) is 11.0 Å². The van der Waals surface area contributed by atoms with Crippen molar-refractivity contribution < 1.29 is 11.0 Å². The van der Waals surface area contributed by atoms with Crippen LogP contribution in [0, 0.1) is 0 Å². The second-order valence-electron chi connectivity index (χ2n) is 10.6. The molecule has 8 aromatic rings. The van der Waals surface area contributed by atoms with Gasteiger partial charge >= 0.3 is 0 Å². The number of hydrogen-bond acceptors (Lipinski definition) is 1. The summed E-state index contributed by atoms with van der Waals surface area (Å²) in [5.41, 5.74) is 5.68. The van der Waals surface area contributed by atoms with Crippen molar-refractivity contribution in [3.8, 4) is 44.5 Å². The molecule has 1 heterocycles. The quantitative estimate of drug-likeness (QED) is 0.190. The Bertz CT molecular complexity index is 2730. The topological polar surface area (TPSA) is 0 Å². The molecule has 8 aromatic carbocycles. The highest BCUT2D eigenvalue weighted by Gasteiger charge is 2.23. The highest BCUT2D eigenvalue weighted by molar-refractivity contribution is 7.99. The molecule has 0 nitrogen and oxygen atoms in total. The van der Waals surface area contributed by atoms with Gasteiger partial charge in [-0.05, 0) is 83.6 Å². The molecule has 0 bridgehead atoms. The monoisotopic (exact) mass is 570 g/mol. The summed E-state index contributed by atoms with van der Waals surface area (Å²) in [6, 6.07) is 32.6. The summed E-state index contributed by atoms with van der Waals surface area (Å²) in [4.78, 5) is 2.17. The fraction of sp³-hybridized carbons (Fsp3) is 0. The van der Waals surface area contributed by atoms with E-state index in [-0.39, 0.29) is 45.7 Å². The molecule has 0 radical (unpaired) electrons. The number of fused-ring (bicyclic) bond motifs is 4. The van der Waals surface area contributed by atoms with Crippen molar-refractivity contribution in [2.24, 2.45) is 0 Å². The van der Waals surface area contributed by atoms with Crippen LogP contribution in [0.3, 0.4) is 0 Å². The molecule has 0 fully saturated rings. The highest BCUT2D eigenvalue weighted by atomic mass is 32.2. The Labute approximate surface area is 266 Å². The fourth-order valence-electron chi connectivity index (χ4n) is 6.53. The van der Waals surface area contributed by atoms with Crippen LogP contribution in [0.2, 0.25) is 0 Å². The lowest BCUT2D eigenvalue weighted by Gasteiger charge is -2.23. The first kappa shape index (κ1) is 17.8. The van der Waals surface area contributed by atoms with Crippen molar-refractivity contribution in [3.05, 3.63) is 158 Å². The SMILES string of the molecule is [2H]c1c([2H])c([2H])c2c(-c3ccc4c5c(cccc35)Sc3ccccc3-4)c3c([2H])c([2H])c([2H])c([2H])c3c(-c3ccccc3-c3ccccc3)c2c1[2H]. The van der Waals surface area contributed by atoms with Crippen LogP contribution < -0.4 is 0 Å². The summed E-state index contributed by atoms with van der Waals surface area (Å²) in [7, 11) is 0. The van der Waals surface area contributed by atoms with Crippen LogP contribution >= 0.6 is 11.8 Å². The van der Waals surface area contributed by atoms with Gasteiger partial charge in [-0.1, -0.05) is 157 Å². The molecule has 0 unspecified atom stereocenters. The molecule has 0 N–H and O–H groups in total. The van der Waals surface area contributed by atoms with Crippen LogP contribution in [0.4, 0.5) is 0 Å². The number of hydrogen-bond donors (Lipinski definition) is 0. The summed E-state index contributed by atoms with van der Waals surface area (Å²) in [5, 5.41) is 2.64. The van der Waals surface area contributed by atoms with Gasteiger partial charge < -0.3 is 0 Å². The first-order valence-corrected chi connectivity index (χ1v) is 14.9. The van der Waals surface area contributed by atoms with E-state index in [0.29, 0.717) is 22.3 Å². The van der Waals surface area contributed by atoms with Gasteiger partial charge in [-0.25, -0.2) is 0 Å². The lowest BCUT2D eigenvalue weighted by molar-refractivity contribution is 1.40. The predicted octanol–water partition coefficient (Wildman–Crippen LogP) is 12.3. The van der Waals surface area contributed by atoms with E-state index >= 15 is 0 Å². The molecule has 200 valence electrons. The average molecular weight is 571 g/mol. The van der Waals surface area contributed by atoms with E-state index in [1.807, 2.05) is 91.0 Å². The highest BCUT2D eigenvalue weighted by Crippen LogP contribution is 2.52. The summed E-state index contributed by atoms with van der Waals surface area (Å²) >= 11 is 1.66. The van der Waals surface area contributed by atoms with Gasteiger partial charge in [0.15, 0.2) is 0 Å². The van der Waals surface area contributed by atoms with Gasteiger partial charge in [0.25, 0.3) is 0 Å². The molecule has 0 spiro atoms. The maximum absolute atomic E-state index is 9.44. The maximum Gasteiger partial charge on any atom is 0.0629 e. The molecule has 9 rings (SSSR count). The van der Waals surface area contributed by atoms with Crippen LogP contribution in [-0.2, 0) is 0 Å². The molecule has 0 amide bonds. The summed E-state index contributed by atoms with van der Waals surface area (Å²) in [6.45, 7) is 0. The van der Waals surface area contributed by atoms with Crippen LogP contribution in [-0.4, -0.2) is 0 Å². The smallest absolute Gasteiger partial charge is 0.0629 e. The van der Waals surface area contributed by atoms with Crippen LogP contribution in [0.25, 0.3) is 76.8 Å². The van der Waals surface area contributed by atoms with E-state index in [9.17, 15) is 5.48 Å². The summed E-state index contributed by atoms with van der Waals surface area (Å²) in [5.74, 6) is 0. The van der Waals surface area contributed by atoms with E-state index < -0.39 is 24.2 Å². The summed E-state index contributed by atoms with van der Waals surface area (Å²) < 4.78 is 73.1. The zero-order chi connectivity index (χ0) is 35.3. The molecule has 0 aliphatic carbocycles. The molecule has 0 atom stereocenters. The number of rotatable bonds is 3. The van der Waals surface area contributed by atoms with Gasteiger partial charge in [-0.2, -0.15) is 0 Å². The molecule has 0 aromatic heterocycles. The van der Waals surface area contributed by atoms with Gasteiger partial charge in [0, 0.05) is 15.2 Å². The maximum atomic E-state index is 9.44. The van der Waals surface area contributed by atoms with E-state index in [1.54, 1.807) is 11.8 Å². The van der Waals surface area contributed by atoms with E-state index in [1.165, 1.54) is 0 Å². The third-order valence-corrected chi connectivity index (χ3v) is 9.46. The Morgan fingerprint density at radius 2 is 0.907 bits per heavy atom. The zero-order valence-corrected chi connectivity index (χ0v) is 23.6. The Balaban J connectivity index is 1.55. The molecule has 43 heavy (non-hydrogen) atoms. The Morgan fingerprint density at radius 1 is 0.372 bits per heavy atom. The molecule has 0 saturated carbocycles. The van der Waals surface area contributed by atoms with Crippen molar-refractivity contribution in [1.82, 2.24) is 0 Å².